The number of nitrogens with one attached hydrogen (secondary N) is 1. The number of rotatable bonds is 1. The molecule has 0 radical (unpaired) electrons. The number of hydrogen-bond acceptors (Lipinski definition) is 3. The number of pyridine rings is 1. The number of fused-ring (bicyclic) bond motifs is 1. The summed E-state index contributed by atoms with van der Waals surface area (Å²) in [5.41, 5.74) is 2.17. The summed E-state index contributed by atoms with van der Waals surface area (Å²) in [5, 5.41) is 2.67. The summed E-state index contributed by atoms with van der Waals surface area (Å²) in [6.45, 7) is 1.92. The third-order valence-corrected chi connectivity index (χ3v) is 3.93. The number of halogens is 1. The molecule has 1 aromatic heterocycles. The molecule has 2 heterocycles. The highest BCUT2D eigenvalue weighted by Gasteiger charge is 2.34. The van der Waals surface area contributed by atoms with Crippen molar-refractivity contribution in [2.75, 3.05) is 10.2 Å². The average molecular weight is 316 g/mol. The Kier molecular flexibility index (Phi) is 3.81. The Hall–Kier alpha value is -2.40. The predicted molar refractivity (Wildman–Crippen MR) is 85.0 cm³/mol. The summed E-state index contributed by atoms with van der Waals surface area (Å²) < 4.78 is 0. The molecule has 1 aliphatic heterocycles. The van der Waals surface area contributed by atoms with Gasteiger partial charge in [0, 0.05) is 17.9 Å². The van der Waals surface area contributed by atoms with Crippen molar-refractivity contribution in [2.45, 2.75) is 19.4 Å². The van der Waals surface area contributed by atoms with Crippen LogP contribution in [-0.4, -0.2) is 22.8 Å². The Morgan fingerprint density at radius 1 is 1.27 bits per heavy atom. The van der Waals surface area contributed by atoms with Crippen molar-refractivity contribution in [1.29, 1.82) is 0 Å². The van der Waals surface area contributed by atoms with Gasteiger partial charge in [-0.2, -0.15) is 0 Å². The van der Waals surface area contributed by atoms with Crippen molar-refractivity contribution < 1.29 is 9.59 Å². The molecule has 2 aromatic rings. The van der Waals surface area contributed by atoms with Gasteiger partial charge in [-0.1, -0.05) is 29.8 Å². The summed E-state index contributed by atoms with van der Waals surface area (Å²) in [4.78, 5) is 30.1. The Balaban J connectivity index is 1.82. The number of para-hydroxylation sites is 1. The summed E-state index contributed by atoms with van der Waals surface area (Å²) >= 11 is 5.89. The van der Waals surface area contributed by atoms with Crippen LogP contribution in [0.25, 0.3) is 0 Å². The number of aromatic nitrogens is 1. The number of benzene rings is 1. The lowest BCUT2D eigenvalue weighted by atomic mass is 10.1. The highest BCUT2D eigenvalue weighted by Crippen LogP contribution is 2.32. The van der Waals surface area contributed by atoms with E-state index in [1.165, 1.54) is 11.1 Å². The first-order valence-electron chi connectivity index (χ1n) is 6.91. The number of carbonyl (C=O) groups excluding carboxylic acids is 2. The lowest BCUT2D eigenvalue weighted by molar-refractivity contribution is -0.134. The summed E-state index contributed by atoms with van der Waals surface area (Å²) in [6.07, 6.45) is 2.25. The van der Waals surface area contributed by atoms with E-state index in [2.05, 4.69) is 10.3 Å². The molecule has 5 nitrogen and oxygen atoms in total. The fourth-order valence-corrected chi connectivity index (χ4v) is 2.81. The monoisotopic (exact) mass is 315 g/mol. The van der Waals surface area contributed by atoms with Gasteiger partial charge in [0.15, 0.2) is 5.15 Å². The molecule has 0 saturated heterocycles. The molecule has 0 bridgehead atoms. The number of nitrogens with zero attached hydrogens (tertiary/aromatic N) is 2. The largest absolute Gasteiger partial charge is 0.316 e. The molecule has 3 rings (SSSR count). The highest BCUT2D eigenvalue weighted by atomic mass is 35.5. The summed E-state index contributed by atoms with van der Waals surface area (Å²) in [5.74, 6) is -1.32. The van der Waals surface area contributed by atoms with Crippen molar-refractivity contribution in [2.24, 2.45) is 0 Å². The van der Waals surface area contributed by atoms with E-state index in [1.54, 1.807) is 12.1 Å². The first-order valence-corrected chi connectivity index (χ1v) is 7.28. The van der Waals surface area contributed by atoms with E-state index in [0.29, 0.717) is 5.69 Å². The Bertz CT molecular complexity index is 748. The SMILES string of the molecule is CC1Cc2ccccc2N1C(=O)C(=O)Nc1cccnc1Cl. The average Bonchev–Trinajstić information content (AvgIpc) is 2.84. The topological polar surface area (TPSA) is 62.3 Å². The first kappa shape index (κ1) is 14.5. The second kappa shape index (κ2) is 5.77. The molecule has 0 spiro atoms. The van der Waals surface area contributed by atoms with E-state index in [-0.39, 0.29) is 11.2 Å². The summed E-state index contributed by atoms with van der Waals surface area (Å²) in [7, 11) is 0. The molecule has 0 fully saturated rings. The van der Waals surface area contributed by atoms with Crippen LogP contribution in [0.2, 0.25) is 5.15 Å². The molecule has 1 N–H and O–H groups in total. The van der Waals surface area contributed by atoms with Gasteiger partial charge in [-0.15, -0.1) is 0 Å². The Morgan fingerprint density at radius 2 is 2.05 bits per heavy atom. The van der Waals surface area contributed by atoms with E-state index in [4.69, 9.17) is 11.6 Å². The van der Waals surface area contributed by atoms with E-state index >= 15 is 0 Å². The van der Waals surface area contributed by atoms with Crippen LogP contribution in [-0.2, 0) is 16.0 Å². The normalized spacial score (nSPS) is 16.3. The third kappa shape index (κ3) is 2.55. The molecule has 0 aliphatic carbocycles. The van der Waals surface area contributed by atoms with Crippen LogP contribution in [0.3, 0.4) is 0 Å². The quantitative estimate of drug-likeness (QED) is 0.650. The standard InChI is InChI=1S/C16H14ClN3O2/c1-10-9-11-5-2-3-7-13(11)20(10)16(22)15(21)19-12-6-4-8-18-14(12)17/h2-8,10H,9H2,1H3,(H,19,21). The van der Waals surface area contributed by atoms with Crippen molar-refractivity contribution in [3.05, 3.63) is 53.3 Å². The molecule has 1 atom stereocenters. The Labute approximate surface area is 132 Å². The van der Waals surface area contributed by atoms with Gasteiger partial charge in [0.05, 0.1) is 5.69 Å². The molecular formula is C16H14ClN3O2. The van der Waals surface area contributed by atoms with Crippen molar-refractivity contribution in [1.82, 2.24) is 4.98 Å². The zero-order valence-electron chi connectivity index (χ0n) is 11.9. The molecule has 1 aromatic carbocycles. The second-order valence-corrected chi connectivity index (χ2v) is 5.51. The van der Waals surface area contributed by atoms with Gasteiger partial charge < -0.3 is 10.2 Å². The zero-order chi connectivity index (χ0) is 15.7. The molecule has 1 aliphatic rings. The van der Waals surface area contributed by atoms with E-state index in [9.17, 15) is 9.59 Å². The molecule has 22 heavy (non-hydrogen) atoms. The predicted octanol–water partition coefficient (Wildman–Crippen LogP) is 2.65. The van der Waals surface area contributed by atoms with E-state index in [0.717, 1.165) is 17.7 Å². The molecule has 1 unspecified atom stereocenters. The lowest BCUT2D eigenvalue weighted by Crippen LogP contribution is -2.43. The van der Waals surface area contributed by atoms with Crippen molar-refractivity contribution in [3.8, 4) is 0 Å². The minimum Gasteiger partial charge on any atom is -0.315 e. The number of anilines is 2. The van der Waals surface area contributed by atoms with E-state index < -0.39 is 11.8 Å². The van der Waals surface area contributed by atoms with Gasteiger partial charge in [-0.05, 0) is 37.1 Å². The molecule has 0 saturated carbocycles. The maximum atomic E-state index is 12.5. The van der Waals surface area contributed by atoms with Crippen molar-refractivity contribution in [3.63, 3.8) is 0 Å². The number of carbonyl (C=O) groups is 2. The van der Waals surface area contributed by atoms with Crippen molar-refractivity contribution >= 4 is 34.8 Å². The zero-order valence-corrected chi connectivity index (χ0v) is 12.7. The maximum absolute atomic E-state index is 12.5. The fourth-order valence-electron chi connectivity index (χ4n) is 2.64. The minimum absolute atomic E-state index is 0.0555. The van der Waals surface area contributed by atoms with Gasteiger partial charge in [0.25, 0.3) is 0 Å². The van der Waals surface area contributed by atoms with Crippen LogP contribution >= 0.6 is 11.6 Å². The van der Waals surface area contributed by atoms with Gasteiger partial charge in [-0.25, -0.2) is 4.98 Å². The van der Waals surface area contributed by atoms with Crippen LogP contribution in [0.5, 0.6) is 0 Å². The van der Waals surface area contributed by atoms with Gasteiger partial charge in [0.1, 0.15) is 0 Å². The third-order valence-electron chi connectivity index (χ3n) is 3.63. The molecular weight excluding hydrogens is 302 g/mol. The smallest absolute Gasteiger partial charge is 0.315 e. The second-order valence-electron chi connectivity index (χ2n) is 5.15. The lowest BCUT2D eigenvalue weighted by Gasteiger charge is -2.22. The highest BCUT2D eigenvalue weighted by molar-refractivity contribution is 6.45. The van der Waals surface area contributed by atoms with Crippen LogP contribution in [0.1, 0.15) is 12.5 Å². The number of hydrogen-bond donors (Lipinski definition) is 1. The van der Waals surface area contributed by atoms with Gasteiger partial charge in [-0.3, -0.25) is 9.59 Å². The van der Waals surface area contributed by atoms with Gasteiger partial charge in [0.2, 0.25) is 0 Å². The maximum Gasteiger partial charge on any atom is 0.316 e. The molecule has 6 heteroatoms. The van der Waals surface area contributed by atoms with Crippen LogP contribution in [0.15, 0.2) is 42.6 Å². The fraction of sp³-hybridized carbons (Fsp3) is 0.188. The van der Waals surface area contributed by atoms with Crippen LogP contribution in [0.4, 0.5) is 11.4 Å². The molecule has 2 amide bonds. The van der Waals surface area contributed by atoms with Gasteiger partial charge >= 0.3 is 11.8 Å². The summed E-state index contributed by atoms with van der Waals surface area (Å²) in [6, 6.07) is 10.8. The van der Waals surface area contributed by atoms with Crippen LogP contribution in [0, 0.1) is 0 Å². The van der Waals surface area contributed by atoms with Crippen LogP contribution < -0.4 is 10.2 Å². The molecule has 112 valence electrons. The Morgan fingerprint density at radius 3 is 2.82 bits per heavy atom. The van der Waals surface area contributed by atoms with E-state index in [1.807, 2.05) is 31.2 Å². The minimum atomic E-state index is -0.724. The first-order chi connectivity index (χ1) is 10.6. The number of amides is 2.